The average molecular weight is 263 g/mol. The lowest BCUT2D eigenvalue weighted by Gasteiger charge is -2.27. The van der Waals surface area contributed by atoms with Crippen molar-refractivity contribution in [3.8, 4) is 5.75 Å². The number of hydrogen-bond acceptors (Lipinski definition) is 4. The van der Waals surface area contributed by atoms with Gasteiger partial charge in [0.2, 0.25) is 0 Å². The zero-order valence-electron chi connectivity index (χ0n) is 11.7. The van der Waals surface area contributed by atoms with E-state index in [0.717, 1.165) is 35.4 Å². The van der Waals surface area contributed by atoms with E-state index < -0.39 is 5.60 Å². The maximum absolute atomic E-state index is 10.1. The quantitative estimate of drug-likeness (QED) is 0.648. The molecular formula is C15H21NO3. The first-order valence-electron chi connectivity index (χ1n) is 6.63. The van der Waals surface area contributed by atoms with Gasteiger partial charge in [0, 0.05) is 5.56 Å². The van der Waals surface area contributed by atoms with E-state index in [0.29, 0.717) is 0 Å². The molecule has 1 unspecified atom stereocenters. The van der Waals surface area contributed by atoms with Gasteiger partial charge in [-0.1, -0.05) is 19.0 Å². The lowest BCUT2D eigenvalue weighted by Crippen LogP contribution is -2.37. The summed E-state index contributed by atoms with van der Waals surface area (Å²) < 4.78 is 5.67. The highest BCUT2D eigenvalue weighted by Crippen LogP contribution is 2.27. The van der Waals surface area contributed by atoms with Crippen molar-refractivity contribution >= 4 is 5.71 Å². The molecule has 0 saturated carbocycles. The van der Waals surface area contributed by atoms with Gasteiger partial charge >= 0.3 is 0 Å². The van der Waals surface area contributed by atoms with Crippen molar-refractivity contribution < 1.29 is 15.1 Å². The molecule has 2 N–H and O–H groups in total. The normalized spacial score (nSPS) is 19.5. The van der Waals surface area contributed by atoms with E-state index in [1.165, 1.54) is 0 Å². The first kappa shape index (κ1) is 13.9. The summed E-state index contributed by atoms with van der Waals surface area (Å²) >= 11 is 0. The van der Waals surface area contributed by atoms with Gasteiger partial charge in [0.15, 0.2) is 0 Å². The molecular weight excluding hydrogens is 242 g/mol. The molecule has 104 valence electrons. The molecule has 0 saturated heterocycles. The highest BCUT2D eigenvalue weighted by molar-refractivity contribution is 6.04. The zero-order chi connectivity index (χ0) is 14.0. The number of aryl methyl sites for hydroxylation is 1. The molecule has 0 radical (unpaired) electrons. The van der Waals surface area contributed by atoms with Crippen LogP contribution in [0.2, 0.25) is 0 Å². The smallest absolute Gasteiger partial charge is 0.119 e. The van der Waals surface area contributed by atoms with E-state index in [1.807, 2.05) is 32.0 Å². The predicted octanol–water partition coefficient (Wildman–Crippen LogP) is 2.60. The molecule has 1 aliphatic rings. The minimum Gasteiger partial charge on any atom is -0.491 e. The first-order valence-corrected chi connectivity index (χ1v) is 6.63. The Kier molecular flexibility index (Phi) is 3.80. The van der Waals surface area contributed by atoms with Gasteiger partial charge in [-0.05, 0) is 49.4 Å². The van der Waals surface area contributed by atoms with Crippen LogP contribution in [0.4, 0.5) is 0 Å². The number of hydrogen-bond donors (Lipinski definition) is 2. The van der Waals surface area contributed by atoms with E-state index in [2.05, 4.69) is 5.16 Å². The standard InChI is InChI=1S/C15H21NO3/c1-10(2)15(3,17)9-19-12-5-6-13-11(8-12)4-7-14(13)16-18/h5-6,8,10,17-18H,4,7,9H2,1-3H3/b16-14+. The van der Waals surface area contributed by atoms with Crippen molar-refractivity contribution in [1.29, 1.82) is 0 Å². The van der Waals surface area contributed by atoms with Gasteiger partial charge in [-0.15, -0.1) is 0 Å². The molecule has 1 aliphatic carbocycles. The second kappa shape index (κ2) is 5.21. The molecule has 4 nitrogen and oxygen atoms in total. The van der Waals surface area contributed by atoms with E-state index >= 15 is 0 Å². The molecule has 0 bridgehead atoms. The van der Waals surface area contributed by atoms with Gasteiger partial charge in [0.1, 0.15) is 12.4 Å². The van der Waals surface area contributed by atoms with Crippen LogP contribution in [0.25, 0.3) is 0 Å². The Balaban J connectivity index is 2.08. The molecule has 0 spiro atoms. The maximum Gasteiger partial charge on any atom is 0.119 e. The number of aliphatic hydroxyl groups is 1. The van der Waals surface area contributed by atoms with E-state index in [1.54, 1.807) is 6.92 Å². The van der Waals surface area contributed by atoms with E-state index in [4.69, 9.17) is 9.94 Å². The number of rotatable bonds is 4. The topological polar surface area (TPSA) is 62.0 Å². The van der Waals surface area contributed by atoms with Gasteiger partial charge < -0.3 is 15.1 Å². The molecule has 0 heterocycles. The summed E-state index contributed by atoms with van der Waals surface area (Å²) in [6.45, 7) is 5.98. The number of nitrogens with zero attached hydrogens (tertiary/aromatic N) is 1. The minimum atomic E-state index is -0.837. The molecule has 0 fully saturated rings. The van der Waals surface area contributed by atoms with Crippen LogP contribution in [0.15, 0.2) is 23.4 Å². The van der Waals surface area contributed by atoms with Crippen LogP contribution in [0.5, 0.6) is 5.75 Å². The summed E-state index contributed by atoms with van der Waals surface area (Å²) in [6.07, 6.45) is 1.63. The predicted molar refractivity (Wildman–Crippen MR) is 74.0 cm³/mol. The average Bonchev–Trinajstić information content (AvgIpc) is 2.78. The van der Waals surface area contributed by atoms with E-state index in [-0.39, 0.29) is 12.5 Å². The van der Waals surface area contributed by atoms with Gasteiger partial charge in [0.25, 0.3) is 0 Å². The number of ether oxygens (including phenoxy) is 1. The zero-order valence-corrected chi connectivity index (χ0v) is 11.7. The van der Waals surface area contributed by atoms with Crippen LogP contribution in [0.3, 0.4) is 0 Å². The van der Waals surface area contributed by atoms with Crippen LogP contribution < -0.4 is 4.74 Å². The molecule has 0 aromatic heterocycles. The third kappa shape index (κ3) is 2.89. The molecule has 0 amide bonds. The SMILES string of the molecule is CC(C)C(C)(O)COc1ccc2c(c1)CC/C2=N\O. The summed E-state index contributed by atoms with van der Waals surface area (Å²) in [5.74, 6) is 0.883. The Hall–Kier alpha value is -1.55. The Morgan fingerprint density at radius 3 is 2.74 bits per heavy atom. The van der Waals surface area contributed by atoms with Gasteiger partial charge in [0.05, 0.1) is 11.3 Å². The Morgan fingerprint density at radius 2 is 2.11 bits per heavy atom. The van der Waals surface area contributed by atoms with Gasteiger partial charge in [-0.3, -0.25) is 0 Å². The Labute approximate surface area is 113 Å². The van der Waals surface area contributed by atoms with Crippen LogP contribution in [-0.4, -0.2) is 28.2 Å². The fraction of sp³-hybridized carbons (Fsp3) is 0.533. The summed E-state index contributed by atoms with van der Waals surface area (Å²) in [4.78, 5) is 0. The van der Waals surface area contributed by atoms with Gasteiger partial charge in [-0.2, -0.15) is 0 Å². The van der Waals surface area contributed by atoms with Crippen LogP contribution in [0.1, 0.15) is 38.3 Å². The Bertz CT molecular complexity index is 492. The second-order valence-electron chi connectivity index (χ2n) is 5.67. The lowest BCUT2D eigenvalue weighted by atomic mass is 9.94. The number of benzene rings is 1. The molecule has 4 heteroatoms. The minimum absolute atomic E-state index is 0.134. The molecule has 2 rings (SSSR count). The van der Waals surface area contributed by atoms with Crippen molar-refractivity contribution in [3.63, 3.8) is 0 Å². The third-order valence-corrected chi connectivity index (χ3v) is 3.91. The van der Waals surface area contributed by atoms with Crippen molar-refractivity contribution in [1.82, 2.24) is 0 Å². The molecule has 0 aliphatic heterocycles. The van der Waals surface area contributed by atoms with E-state index in [9.17, 15) is 5.11 Å². The molecule has 19 heavy (non-hydrogen) atoms. The summed E-state index contributed by atoms with van der Waals surface area (Å²) in [6, 6.07) is 5.73. The fourth-order valence-corrected chi connectivity index (χ4v) is 2.04. The second-order valence-corrected chi connectivity index (χ2v) is 5.67. The molecule has 1 aromatic rings. The van der Waals surface area contributed by atoms with Crippen LogP contribution in [-0.2, 0) is 6.42 Å². The summed E-state index contributed by atoms with van der Waals surface area (Å²) in [7, 11) is 0. The van der Waals surface area contributed by atoms with Gasteiger partial charge in [-0.25, -0.2) is 0 Å². The van der Waals surface area contributed by atoms with Crippen molar-refractivity contribution in [2.75, 3.05) is 6.61 Å². The highest BCUT2D eigenvalue weighted by atomic mass is 16.5. The lowest BCUT2D eigenvalue weighted by molar-refractivity contribution is -0.0266. The monoisotopic (exact) mass is 263 g/mol. The largest absolute Gasteiger partial charge is 0.491 e. The van der Waals surface area contributed by atoms with Crippen molar-refractivity contribution in [2.45, 2.75) is 39.2 Å². The maximum atomic E-state index is 10.1. The number of fused-ring (bicyclic) bond motifs is 1. The summed E-state index contributed by atoms with van der Waals surface area (Å²) in [5.41, 5.74) is 2.02. The molecule has 1 atom stereocenters. The number of oxime groups is 1. The highest BCUT2D eigenvalue weighted by Gasteiger charge is 2.26. The summed E-state index contributed by atoms with van der Waals surface area (Å²) in [5, 5.41) is 22.3. The molecule has 1 aromatic carbocycles. The third-order valence-electron chi connectivity index (χ3n) is 3.91. The van der Waals surface area contributed by atoms with Crippen molar-refractivity contribution in [2.24, 2.45) is 11.1 Å². The Morgan fingerprint density at radius 1 is 1.37 bits per heavy atom. The van der Waals surface area contributed by atoms with Crippen LogP contribution in [0, 0.1) is 5.92 Å². The fourth-order valence-electron chi connectivity index (χ4n) is 2.04. The van der Waals surface area contributed by atoms with Crippen molar-refractivity contribution in [3.05, 3.63) is 29.3 Å². The van der Waals surface area contributed by atoms with Crippen LogP contribution >= 0.6 is 0 Å². The first-order chi connectivity index (χ1) is 8.94.